The van der Waals surface area contributed by atoms with Gasteiger partial charge >= 0.3 is 12.2 Å². The summed E-state index contributed by atoms with van der Waals surface area (Å²) in [6, 6.07) is 16.7. The molecule has 7 nitrogen and oxygen atoms in total. The third-order valence-corrected chi connectivity index (χ3v) is 6.29. The van der Waals surface area contributed by atoms with E-state index >= 15 is 0 Å². The average Bonchev–Trinajstić information content (AvgIpc) is 3.13. The van der Waals surface area contributed by atoms with Crippen LogP contribution >= 0.6 is 0 Å². The number of amides is 2. The molecule has 0 unspecified atom stereocenters. The van der Waals surface area contributed by atoms with Gasteiger partial charge in [0.1, 0.15) is 12.2 Å². The summed E-state index contributed by atoms with van der Waals surface area (Å²) in [4.78, 5) is 28.6. The lowest BCUT2D eigenvalue weighted by atomic mass is 9.98. The summed E-state index contributed by atoms with van der Waals surface area (Å²) < 4.78 is 11.0. The predicted octanol–water partition coefficient (Wildman–Crippen LogP) is 4.47. The number of carbonyl (C=O) groups is 2. The van der Waals surface area contributed by atoms with Gasteiger partial charge in [0.2, 0.25) is 0 Å². The molecular formula is C27H35N3O4. The van der Waals surface area contributed by atoms with Crippen LogP contribution in [0.2, 0.25) is 0 Å². The molecule has 4 rings (SSSR count). The Morgan fingerprint density at radius 1 is 0.941 bits per heavy atom. The highest BCUT2D eigenvalue weighted by molar-refractivity contribution is 5.79. The molecule has 2 aliphatic rings. The third kappa shape index (κ3) is 5.89. The van der Waals surface area contributed by atoms with Gasteiger partial charge in [-0.2, -0.15) is 0 Å². The van der Waals surface area contributed by atoms with E-state index in [0.29, 0.717) is 26.2 Å². The van der Waals surface area contributed by atoms with Crippen molar-refractivity contribution in [3.05, 3.63) is 59.7 Å². The second-order valence-electron chi connectivity index (χ2n) is 9.91. The van der Waals surface area contributed by atoms with Crippen molar-refractivity contribution in [2.75, 3.05) is 45.9 Å². The van der Waals surface area contributed by atoms with E-state index in [1.807, 2.05) is 32.9 Å². The second-order valence-corrected chi connectivity index (χ2v) is 9.91. The normalized spacial score (nSPS) is 16.0. The maximum atomic E-state index is 12.8. The van der Waals surface area contributed by atoms with E-state index in [1.54, 1.807) is 4.90 Å². The van der Waals surface area contributed by atoms with Crippen molar-refractivity contribution < 1.29 is 19.1 Å². The first-order chi connectivity index (χ1) is 16.3. The fraction of sp³-hybridized carbons (Fsp3) is 0.481. The van der Waals surface area contributed by atoms with Crippen LogP contribution in [0.5, 0.6) is 0 Å². The van der Waals surface area contributed by atoms with Crippen molar-refractivity contribution >= 4 is 12.2 Å². The highest BCUT2D eigenvalue weighted by Crippen LogP contribution is 2.44. The Morgan fingerprint density at radius 2 is 1.53 bits per heavy atom. The van der Waals surface area contributed by atoms with Gasteiger partial charge in [0.05, 0.1) is 0 Å². The van der Waals surface area contributed by atoms with Crippen LogP contribution in [-0.2, 0) is 9.47 Å². The maximum absolute atomic E-state index is 12.8. The van der Waals surface area contributed by atoms with E-state index in [-0.39, 0.29) is 18.1 Å². The number of piperazine rings is 1. The average molecular weight is 466 g/mol. The van der Waals surface area contributed by atoms with E-state index < -0.39 is 5.60 Å². The van der Waals surface area contributed by atoms with Crippen LogP contribution in [0.3, 0.4) is 0 Å². The van der Waals surface area contributed by atoms with Crippen molar-refractivity contribution in [3.63, 3.8) is 0 Å². The van der Waals surface area contributed by atoms with Crippen LogP contribution in [0.25, 0.3) is 11.1 Å². The Balaban J connectivity index is 1.19. The molecule has 0 spiro atoms. The summed E-state index contributed by atoms with van der Waals surface area (Å²) in [5.74, 6) is 0.0788. The number of rotatable bonds is 6. The van der Waals surface area contributed by atoms with Crippen LogP contribution in [0.1, 0.15) is 44.2 Å². The number of hydrogen-bond acceptors (Lipinski definition) is 5. The maximum Gasteiger partial charge on any atom is 0.409 e. The Kier molecular flexibility index (Phi) is 7.41. The topological polar surface area (TPSA) is 71.1 Å². The minimum atomic E-state index is -0.487. The first kappa shape index (κ1) is 24.1. The van der Waals surface area contributed by atoms with E-state index in [0.717, 1.165) is 26.1 Å². The van der Waals surface area contributed by atoms with E-state index in [2.05, 4.69) is 46.6 Å². The molecule has 0 atom stereocenters. The highest BCUT2D eigenvalue weighted by atomic mass is 16.6. The van der Waals surface area contributed by atoms with Gasteiger partial charge in [-0.3, -0.25) is 4.90 Å². The fourth-order valence-electron chi connectivity index (χ4n) is 4.65. The smallest absolute Gasteiger partial charge is 0.409 e. The minimum Gasteiger partial charge on any atom is -0.448 e. The largest absolute Gasteiger partial charge is 0.448 e. The van der Waals surface area contributed by atoms with Crippen molar-refractivity contribution in [2.45, 2.75) is 38.7 Å². The van der Waals surface area contributed by atoms with Crippen molar-refractivity contribution in [1.29, 1.82) is 0 Å². The van der Waals surface area contributed by atoms with Gasteiger partial charge in [0, 0.05) is 38.6 Å². The molecule has 2 aromatic rings. The number of nitrogens with one attached hydrogen (secondary N) is 1. The number of ether oxygens (including phenoxy) is 2. The van der Waals surface area contributed by atoms with Gasteiger partial charge < -0.3 is 19.7 Å². The molecule has 1 N–H and O–H groups in total. The molecule has 7 heteroatoms. The standard InChI is InChI=1S/C27H35N3O4/c1-27(2,3)34-25(31)28-13-8-14-29-15-17-30(18-16-29)26(32)33-19-24-22-11-6-4-9-20(22)21-10-5-7-12-23(21)24/h4-7,9-12,24H,8,13-19H2,1-3H3,(H,28,31). The molecule has 1 fully saturated rings. The number of alkyl carbamates (subject to hydrolysis) is 1. The first-order valence-electron chi connectivity index (χ1n) is 12.1. The fourth-order valence-corrected chi connectivity index (χ4v) is 4.65. The van der Waals surface area contributed by atoms with Gasteiger partial charge in [-0.25, -0.2) is 9.59 Å². The van der Waals surface area contributed by atoms with Crippen LogP contribution in [0.15, 0.2) is 48.5 Å². The SMILES string of the molecule is CC(C)(C)OC(=O)NCCCN1CCN(C(=O)OCC2c3ccccc3-c3ccccc32)CC1. The molecule has 2 aromatic carbocycles. The molecule has 1 aliphatic heterocycles. The van der Waals surface area contributed by atoms with E-state index in [9.17, 15) is 9.59 Å². The molecule has 182 valence electrons. The highest BCUT2D eigenvalue weighted by Gasteiger charge is 2.30. The summed E-state index contributed by atoms with van der Waals surface area (Å²) in [6.45, 7) is 10.2. The van der Waals surface area contributed by atoms with Gasteiger partial charge in [0.25, 0.3) is 0 Å². The monoisotopic (exact) mass is 465 g/mol. The summed E-state index contributed by atoms with van der Waals surface area (Å²) in [6.07, 6.45) is 0.213. The Morgan fingerprint density at radius 3 is 2.12 bits per heavy atom. The molecule has 0 aromatic heterocycles. The van der Waals surface area contributed by atoms with Crippen LogP contribution in [0, 0.1) is 0 Å². The predicted molar refractivity (Wildman–Crippen MR) is 132 cm³/mol. The van der Waals surface area contributed by atoms with E-state index in [1.165, 1.54) is 22.3 Å². The molecule has 34 heavy (non-hydrogen) atoms. The lowest BCUT2D eigenvalue weighted by Gasteiger charge is -2.34. The zero-order valence-corrected chi connectivity index (χ0v) is 20.4. The van der Waals surface area contributed by atoms with Gasteiger partial charge in [-0.05, 0) is 56.0 Å². The molecule has 2 amide bonds. The Labute approximate surface area is 202 Å². The summed E-state index contributed by atoms with van der Waals surface area (Å²) in [7, 11) is 0. The minimum absolute atomic E-state index is 0.0788. The summed E-state index contributed by atoms with van der Waals surface area (Å²) >= 11 is 0. The molecule has 1 aliphatic carbocycles. The second kappa shape index (κ2) is 10.5. The summed E-state index contributed by atoms with van der Waals surface area (Å²) in [5, 5.41) is 2.79. The molecule has 0 radical (unpaired) electrons. The Bertz CT molecular complexity index is 963. The number of benzene rings is 2. The molecule has 1 saturated heterocycles. The van der Waals surface area contributed by atoms with Crippen LogP contribution < -0.4 is 5.32 Å². The van der Waals surface area contributed by atoms with Crippen LogP contribution in [0.4, 0.5) is 9.59 Å². The third-order valence-electron chi connectivity index (χ3n) is 6.29. The molecule has 0 saturated carbocycles. The first-order valence-corrected chi connectivity index (χ1v) is 12.1. The van der Waals surface area contributed by atoms with Crippen molar-refractivity contribution in [2.24, 2.45) is 0 Å². The van der Waals surface area contributed by atoms with Crippen LogP contribution in [-0.4, -0.2) is 73.5 Å². The lowest BCUT2D eigenvalue weighted by Crippen LogP contribution is -2.49. The lowest BCUT2D eigenvalue weighted by molar-refractivity contribution is 0.0520. The van der Waals surface area contributed by atoms with Gasteiger partial charge in [0.15, 0.2) is 0 Å². The zero-order chi connectivity index (χ0) is 24.1. The van der Waals surface area contributed by atoms with Crippen molar-refractivity contribution in [1.82, 2.24) is 15.1 Å². The molecule has 0 bridgehead atoms. The summed E-state index contributed by atoms with van der Waals surface area (Å²) in [5.41, 5.74) is 4.42. The number of carbonyl (C=O) groups excluding carboxylic acids is 2. The number of fused-ring (bicyclic) bond motifs is 3. The molecular weight excluding hydrogens is 430 g/mol. The Hall–Kier alpha value is -3.06. The zero-order valence-electron chi connectivity index (χ0n) is 20.4. The number of nitrogens with zero attached hydrogens (tertiary/aromatic N) is 2. The van der Waals surface area contributed by atoms with Gasteiger partial charge in [-0.1, -0.05) is 48.5 Å². The van der Waals surface area contributed by atoms with Gasteiger partial charge in [-0.15, -0.1) is 0 Å². The molecule has 1 heterocycles. The van der Waals surface area contributed by atoms with E-state index in [4.69, 9.17) is 9.47 Å². The number of hydrogen-bond donors (Lipinski definition) is 1. The quantitative estimate of drug-likeness (QED) is 0.638. The van der Waals surface area contributed by atoms with Crippen molar-refractivity contribution in [3.8, 4) is 11.1 Å².